The molecule has 9 nitrogen and oxygen atoms in total. The number of likely N-dealkylation sites (N-methyl/N-ethyl adjacent to an activating group) is 1. The number of carbonyl (C=O) groups excluding carboxylic acids is 1. The van der Waals surface area contributed by atoms with Crippen LogP contribution in [0.1, 0.15) is 29.2 Å². The van der Waals surface area contributed by atoms with Crippen molar-refractivity contribution in [3.05, 3.63) is 81.4 Å². The molecule has 2 atom stereocenters. The van der Waals surface area contributed by atoms with E-state index in [4.69, 9.17) is 4.74 Å². The molecule has 0 radical (unpaired) electrons. The molecule has 1 heterocycles. The Kier molecular flexibility index (Phi) is 6.43. The number of nitrogens with one attached hydrogen (secondary N) is 1. The van der Waals surface area contributed by atoms with Gasteiger partial charge in [-0.15, -0.1) is 0 Å². The number of nitro benzene ring substituents is 1. The highest BCUT2D eigenvalue weighted by Crippen LogP contribution is 2.41. The minimum atomic E-state index is -0.639. The van der Waals surface area contributed by atoms with Gasteiger partial charge in [-0.25, -0.2) is 4.79 Å². The van der Waals surface area contributed by atoms with Gasteiger partial charge in [-0.3, -0.25) is 15.0 Å². The van der Waals surface area contributed by atoms with Gasteiger partial charge in [0, 0.05) is 36.8 Å². The van der Waals surface area contributed by atoms with Gasteiger partial charge in [0.2, 0.25) is 0 Å². The van der Waals surface area contributed by atoms with Crippen LogP contribution < -0.4 is 5.32 Å². The summed E-state index contributed by atoms with van der Waals surface area (Å²) < 4.78 is 5.21. The van der Waals surface area contributed by atoms with Crippen LogP contribution in [-0.4, -0.2) is 45.8 Å². The van der Waals surface area contributed by atoms with E-state index in [1.807, 2.05) is 36.2 Å². The largest absolute Gasteiger partial charge is 0.508 e. The number of aliphatic hydroxyl groups excluding tert-OH is 1. The highest BCUT2D eigenvalue weighted by molar-refractivity contribution is 5.91. The number of likely N-dealkylation sites (tertiary alicyclic amines) is 1. The lowest BCUT2D eigenvalue weighted by molar-refractivity contribution is -0.384. The fraction of sp³-hybridized carbons (Fsp3) is 0.292. The second kappa shape index (κ2) is 9.43. The number of aliphatic hydroxyl groups is 1. The van der Waals surface area contributed by atoms with Gasteiger partial charge in [0.05, 0.1) is 11.0 Å². The number of rotatable bonds is 6. The van der Waals surface area contributed by atoms with Crippen LogP contribution in [-0.2, 0) is 17.9 Å². The minimum Gasteiger partial charge on any atom is -0.508 e. The molecule has 3 aromatic carbocycles. The number of non-ortho nitro benzene ring substituents is 1. The Labute approximate surface area is 190 Å². The summed E-state index contributed by atoms with van der Waals surface area (Å²) >= 11 is 0. The Bertz CT molecular complexity index is 1180. The van der Waals surface area contributed by atoms with Gasteiger partial charge in [0.25, 0.3) is 5.69 Å². The molecule has 1 saturated heterocycles. The van der Waals surface area contributed by atoms with E-state index in [1.54, 1.807) is 6.07 Å². The number of ether oxygens (including phenoxy) is 1. The molecule has 0 spiro atoms. The SMILES string of the molecule is CN1C[C@H](O)C[C@H]1c1c(O)cc(CNC(=O)OCc2ccc([N+](=O)[O-])cc2)c2ccccc12. The van der Waals surface area contributed by atoms with E-state index in [1.165, 1.54) is 24.3 Å². The maximum absolute atomic E-state index is 12.2. The first-order chi connectivity index (χ1) is 15.8. The molecular weight excluding hydrogens is 426 g/mol. The van der Waals surface area contributed by atoms with E-state index in [0.29, 0.717) is 18.5 Å². The molecule has 1 fully saturated rings. The van der Waals surface area contributed by atoms with Gasteiger partial charge in [-0.05, 0) is 53.6 Å². The Hall–Kier alpha value is -3.69. The third kappa shape index (κ3) is 4.89. The number of benzene rings is 3. The van der Waals surface area contributed by atoms with Crippen LogP contribution >= 0.6 is 0 Å². The number of amides is 1. The zero-order chi connectivity index (χ0) is 23.5. The molecule has 1 amide bonds. The van der Waals surface area contributed by atoms with Crippen LogP contribution in [0.3, 0.4) is 0 Å². The molecular formula is C24H25N3O6. The molecule has 4 rings (SSSR count). The first kappa shape index (κ1) is 22.5. The lowest BCUT2D eigenvalue weighted by atomic mass is 9.92. The van der Waals surface area contributed by atoms with Crippen molar-refractivity contribution in [2.24, 2.45) is 0 Å². The second-order valence-corrected chi connectivity index (χ2v) is 8.21. The predicted molar refractivity (Wildman–Crippen MR) is 122 cm³/mol. The summed E-state index contributed by atoms with van der Waals surface area (Å²) in [6.07, 6.45) is -0.537. The van der Waals surface area contributed by atoms with Crippen molar-refractivity contribution in [3.63, 3.8) is 0 Å². The molecule has 3 aromatic rings. The van der Waals surface area contributed by atoms with Crippen LogP contribution in [0, 0.1) is 10.1 Å². The van der Waals surface area contributed by atoms with Crippen molar-refractivity contribution in [1.82, 2.24) is 10.2 Å². The Balaban J connectivity index is 1.46. The van der Waals surface area contributed by atoms with E-state index >= 15 is 0 Å². The van der Waals surface area contributed by atoms with E-state index in [9.17, 15) is 25.1 Å². The van der Waals surface area contributed by atoms with Crippen molar-refractivity contribution in [2.45, 2.75) is 31.7 Å². The van der Waals surface area contributed by atoms with Crippen molar-refractivity contribution >= 4 is 22.6 Å². The smallest absolute Gasteiger partial charge is 0.407 e. The summed E-state index contributed by atoms with van der Waals surface area (Å²) in [5, 5.41) is 36.1. The van der Waals surface area contributed by atoms with Crippen molar-refractivity contribution in [2.75, 3.05) is 13.6 Å². The highest BCUT2D eigenvalue weighted by Gasteiger charge is 2.32. The number of alkyl carbamates (subject to hydrolysis) is 1. The predicted octanol–water partition coefficient (Wildman–Crippen LogP) is 3.62. The number of carbonyl (C=O) groups is 1. The van der Waals surface area contributed by atoms with Crippen molar-refractivity contribution < 1.29 is 24.7 Å². The number of phenolic OH excluding ortho intramolecular Hbond substituents is 1. The molecule has 33 heavy (non-hydrogen) atoms. The average Bonchev–Trinajstić information content (AvgIpc) is 3.13. The third-order valence-electron chi connectivity index (χ3n) is 5.95. The molecule has 0 unspecified atom stereocenters. The number of hydrogen-bond donors (Lipinski definition) is 3. The Morgan fingerprint density at radius 2 is 1.91 bits per heavy atom. The molecule has 172 valence electrons. The van der Waals surface area contributed by atoms with Crippen molar-refractivity contribution in [1.29, 1.82) is 0 Å². The number of aromatic hydroxyl groups is 1. The number of phenols is 1. The van der Waals surface area contributed by atoms with Gasteiger partial charge in [-0.1, -0.05) is 24.3 Å². The molecule has 0 bridgehead atoms. The number of hydrogen-bond acceptors (Lipinski definition) is 7. The number of fused-ring (bicyclic) bond motifs is 1. The molecule has 3 N–H and O–H groups in total. The maximum atomic E-state index is 12.2. The molecule has 1 aliphatic rings. The molecule has 0 aliphatic carbocycles. The van der Waals surface area contributed by atoms with Gasteiger partial charge in [-0.2, -0.15) is 0 Å². The number of nitrogens with zero attached hydrogens (tertiary/aromatic N) is 2. The summed E-state index contributed by atoms with van der Waals surface area (Å²) in [6, 6.07) is 15.0. The first-order valence-corrected chi connectivity index (χ1v) is 10.6. The van der Waals surface area contributed by atoms with Gasteiger partial charge < -0.3 is 20.3 Å². The zero-order valence-corrected chi connectivity index (χ0v) is 18.1. The van der Waals surface area contributed by atoms with Crippen LogP contribution in [0.5, 0.6) is 5.75 Å². The summed E-state index contributed by atoms with van der Waals surface area (Å²) in [5.41, 5.74) is 2.11. The molecule has 9 heteroatoms. The normalized spacial score (nSPS) is 18.4. The van der Waals surface area contributed by atoms with Crippen LogP contribution in [0.2, 0.25) is 0 Å². The topological polar surface area (TPSA) is 125 Å². The summed E-state index contributed by atoms with van der Waals surface area (Å²) in [5.74, 6) is 0.121. The van der Waals surface area contributed by atoms with E-state index in [2.05, 4.69) is 5.32 Å². The van der Waals surface area contributed by atoms with Gasteiger partial charge in [0.15, 0.2) is 0 Å². The lowest BCUT2D eigenvalue weighted by Gasteiger charge is -2.23. The van der Waals surface area contributed by atoms with Crippen LogP contribution in [0.15, 0.2) is 54.6 Å². The van der Waals surface area contributed by atoms with E-state index in [-0.39, 0.29) is 30.6 Å². The third-order valence-corrected chi connectivity index (χ3v) is 5.95. The number of β-amino-alcohol motifs (C(OH)–C–C–N with tert-alkyl or cyclic N) is 1. The van der Waals surface area contributed by atoms with E-state index < -0.39 is 17.1 Å². The zero-order valence-electron chi connectivity index (χ0n) is 18.1. The average molecular weight is 451 g/mol. The summed E-state index contributed by atoms with van der Waals surface area (Å²) in [7, 11) is 1.92. The first-order valence-electron chi connectivity index (χ1n) is 10.6. The minimum absolute atomic E-state index is 0.0227. The number of nitro groups is 1. The quantitative estimate of drug-likeness (QED) is 0.386. The Morgan fingerprint density at radius 1 is 1.21 bits per heavy atom. The van der Waals surface area contributed by atoms with Crippen LogP contribution in [0.25, 0.3) is 10.8 Å². The fourth-order valence-corrected chi connectivity index (χ4v) is 4.34. The van der Waals surface area contributed by atoms with Crippen molar-refractivity contribution in [3.8, 4) is 5.75 Å². The van der Waals surface area contributed by atoms with Gasteiger partial charge in [0.1, 0.15) is 12.4 Å². The monoisotopic (exact) mass is 451 g/mol. The van der Waals surface area contributed by atoms with Gasteiger partial charge >= 0.3 is 6.09 Å². The molecule has 1 aliphatic heterocycles. The summed E-state index contributed by atoms with van der Waals surface area (Å²) in [4.78, 5) is 24.5. The molecule has 0 saturated carbocycles. The standard InChI is InChI=1S/C24H25N3O6/c1-26-13-18(28)11-21(26)23-20-5-3-2-4-19(20)16(10-22(23)29)12-25-24(30)33-14-15-6-8-17(9-7-15)27(31)32/h2-10,18,21,28-29H,11-14H2,1H3,(H,25,30)/t18-,21+/m1/s1. The lowest BCUT2D eigenvalue weighted by Crippen LogP contribution is -2.24. The fourth-order valence-electron chi connectivity index (χ4n) is 4.34. The maximum Gasteiger partial charge on any atom is 0.407 e. The second-order valence-electron chi connectivity index (χ2n) is 8.21. The highest BCUT2D eigenvalue weighted by atomic mass is 16.6. The van der Waals surface area contributed by atoms with Crippen LogP contribution in [0.4, 0.5) is 10.5 Å². The Morgan fingerprint density at radius 3 is 2.55 bits per heavy atom. The molecule has 0 aromatic heterocycles. The van der Waals surface area contributed by atoms with E-state index in [0.717, 1.165) is 21.9 Å². The summed E-state index contributed by atoms with van der Waals surface area (Å²) in [6.45, 7) is 0.671.